The molecule has 10 rings (SSSR count). The Hall–Kier alpha value is -7.68. The summed E-state index contributed by atoms with van der Waals surface area (Å²) in [5.41, 5.74) is 16.8. The first-order valence-corrected chi connectivity index (χ1v) is 19.8. The summed E-state index contributed by atoms with van der Waals surface area (Å²) in [7, 11) is 0. The molecular formula is C56H39NO. The number of benzene rings is 9. The van der Waals surface area contributed by atoms with Gasteiger partial charge in [0.2, 0.25) is 0 Å². The van der Waals surface area contributed by atoms with Gasteiger partial charge in [0.1, 0.15) is 11.3 Å². The van der Waals surface area contributed by atoms with Gasteiger partial charge in [0.25, 0.3) is 0 Å². The Balaban J connectivity index is 1.03. The number of furan rings is 1. The summed E-state index contributed by atoms with van der Waals surface area (Å²) in [6.07, 6.45) is 0. The van der Waals surface area contributed by atoms with Gasteiger partial charge in [-0.05, 0) is 93.0 Å². The molecule has 9 aromatic carbocycles. The van der Waals surface area contributed by atoms with Gasteiger partial charge in [-0.15, -0.1) is 0 Å². The molecule has 0 aliphatic heterocycles. The highest BCUT2D eigenvalue weighted by molar-refractivity contribution is 6.02. The van der Waals surface area contributed by atoms with E-state index in [0.29, 0.717) is 0 Å². The second kappa shape index (κ2) is 15.5. The molecule has 0 radical (unpaired) electrons. The number of para-hydroxylation sites is 2. The van der Waals surface area contributed by atoms with Gasteiger partial charge >= 0.3 is 0 Å². The Kier molecular flexibility index (Phi) is 9.27. The fraction of sp³-hybridized carbons (Fsp3) is 0. The zero-order valence-electron chi connectivity index (χ0n) is 31.9. The first-order valence-electron chi connectivity index (χ1n) is 19.8. The maximum atomic E-state index is 6.58. The molecule has 1 heterocycles. The van der Waals surface area contributed by atoms with E-state index in [2.05, 4.69) is 229 Å². The van der Waals surface area contributed by atoms with E-state index in [1.165, 1.54) is 33.4 Å². The average Bonchev–Trinajstić information content (AvgIpc) is 3.71. The van der Waals surface area contributed by atoms with E-state index in [9.17, 15) is 0 Å². The predicted molar refractivity (Wildman–Crippen MR) is 244 cm³/mol. The number of anilines is 3. The number of hydrogen-bond acceptors (Lipinski definition) is 2. The van der Waals surface area contributed by atoms with Crippen molar-refractivity contribution in [3.8, 4) is 67.0 Å². The lowest BCUT2D eigenvalue weighted by Crippen LogP contribution is -2.11. The highest BCUT2D eigenvalue weighted by Crippen LogP contribution is 2.44. The minimum absolute atomic E-state index is 0.879. The molecule has 0 saturated carbocycles. The summed E-state index contributed by atoms with van der Waals surface area (Å²) in [5, 5.41) is 1.11. The van der Waals surface area contributed by atoms with Gasteiger partial charge in [0, 0.05) is 33.5 Å². The van der Waals surface area contributed by atoms with Crippen molar-refractivity contribution in [2.75, 3.05) is 4.90 Å². The second-order valence-corrected chi connectivity index (χ2v) is 14.5. The Bertz CT molecular complexity index is 2970. The zero-order chi connectivity index (χ0) is 38.7. The molecule has 0 saturated heterocycles. The molecule has 0 unspecified atom stereocenters. The second-order valence-electron chi connectivity index (χ2n) is 14.5. The summed E-state index contributed by atoms with van der Waals surface area (Å²) < 4.78 is 6.58. The van der Waals surface area contributed by atoms with Gasteiger partial charge in [-0.1, -0.05) is 188 Å². The molecule has 0 aliphatic carbocycles. The largest absolute Gasteiger partial charge is 0.455 e. The van der Waals surface area contributed by atoms with Gasteiger partial charge in [-0.2, -0.15) is 0 Å². The lowest BCUT2D eigenvalue weighted by atomic mass is 9.96. The van der Waals surface area contributed by atoms with Crippen molar-refractivity contribution in [3.63, 3.8) is 0 Å². The standard InChI is InChI=1S/C56H39NO/c1-4-16-40(17-5-1)45-22-14-23-46(38-45)41-30-34-49(35-31-41)57(53-28-12-10-26-51(53)43-18-6-2-7-19-43)50-36-32-42(33-37-50)47-24-15-25-48(39-47)56-55(44-20-8-3-9-21-44)52-27-11-13-29-54(52)58-56/h1-39H. The molecule has 58 heavy (non-hydrogen) atoms. The van der Waals surface area contributed by atoms with Crippen LogP contribution in [0.4, 0.5) is 17.1 Å². The highest BCUT2D eigenvalue weighted by atomic mass is 16.3. The van der Waals surface area contributed by atoms with Crippen molar-refractivity contribution in [3.05, 3.63) is 237 Å². The van der Waals surface area contributed by atoms with Crippen LogP contribution in [0.25, 0.3) is 77.9 Å². The smallest absolute Gasteiger partial charge is 0.143 e. The summed E-state index contributed by atoms with van der Waals surface area (Å²) in [5.74, 6) is 0.879. The average molecular weight is 742 g/mol. The Morgan fingerprint density at radius 3 is 1.33 bits per heavy atom. The molecule has 0 aliphatic rings. The highest BCUT2D eigenvalue weighted by Gasteiger charge is 2.20. The predicted octanol–water partition coefficient (Wildman–Crippen LogP) is 15.9. The van der Waals surface area contributed by atoms with Gasteiger partial charge < -0.3 is 9.32 Å². The zero-order valence-corrected chi connectivity index (χ0v) is 31.9. The SMILES string of the molecule is c1ccc(-c2cccc(-c3ccc(N(c4ccc(-c5cccc(-c6oc7ccccc7c6-c6ccccc6)c5)cc4)c4ccccc4-c4ccccc4)cc3)c2)cc1. The molecule has 0 spiro atoms. The van der Waals surface area contributed by atoms with Crippen molar-refractivity contribution in [1.29, 1.82) is 0 Å². The van der Waals surface area contributed by atoms with Crippen LogP contribution in [0, 0.1) is 0 Å². The van der Waals surface area contributed by atoms with Crippen LogP contribution in [0.3, 0.4) is 0 Å². The van der Waals surface area contributed by atoms with Crippen molar-refractivity contribution in [2.45, 2.75) is 0 Å². The number of hydrogen-bond donors (Lipinski definition) is 0. The van der Waals surface area contributed by atoms with Crippen LogP contribution in [0.1, 0.15) is 0 Å². The lowest BCUT2D eigenvalue weighted by molar-refractivity contribution is 0.632. The summed E-state index contributed by atoms with van der Waals surface area (Å²) in [6, 6.07) is 84.0. The number of nitrogens with zero attached hydrogens (tertiary/aromatic N) is 1. The van der Waals surface area contributed by atoms with Crippen molar-refractivity contribution >= 4 is 28.0 Å². The molecule has 10 aromatic rings. The van der Waals surface area contributed by atoms with Gasteiger partial charge in [-0.25, -0.2) is 0 Å². The minimum Gasteiger partial charge on any atom is -0.455 e. The van der Waals surface area contributed by atoms with Crippen molar-refractivity contribution in [2.24, 2.45) is 0 Å². The summed E-state index contributed by atoms with van der Waals surface area (Å²) in [4.78, 5) is 2.37. The van der Waals surface area contributed by atoms with Crippen LogP contribution >= 0.6 is 0 Å². The molecule has 0 atom stereocenters. The quantitative estimate of drug-likeness (QED) is 0.146. The normalized spacial score (nSPS) is 11.1. The van der Waals surface area contributed by atoms with E-state index in [1.807, 2.05) is 12.1 Å². The topological polar surface area (TPSA) is 16.4 Å². The van der Waals surface area contributed by atoms with E-state index in [4.69, 9.17) is 4.42 Å². The Morgan fingerprint density at radius 1 is 0.293 bits per heavy atom. The minimum atomic E-state index is 0.879. The first-order chi connectivity index (χ1) is 28.8. The van der Waals surface area contributed by atoms with E-state index in [0.717, 1.165) is 61.6 Å². The van der Waals surface area contributed by atoms with Crippen LogP contribution < -0.4 is 4.90 Å². The van der Waals surface area contributed by atoms with Gasteiger partial charge in [-0.3, -0.25) is 0 Å². The Morgan fingerprint density at radius 2 is 0.724 bits per heavy atom. The molecule has 1 aromatic heterocycles. The van der Waals surface area contributed by atoms with Crippen LogP contribution in [0.5, 0.6) is 0 Å². The fourth-order valence-electron chi connectivity index (χ4n) is 8.05. The van der Waals surface area contributed by atoms with Crippen molar-refractivity contribution < 1.29 is 4.42 Å². The molecule has 274 valence electrons. The van der Waals surface area contributed by atoms with Crippen LogP contribution in [0.2, 0.25) is 0 Å². The maximum absolute atomic E-state index is 6.58. The summed E-state index contributed by atoms with van der Waals surface area (Å²) >= 11 is 0. The van der Waals surface area contributed by atoms with E-state index >= 15 is 0 Å². The number of rotatable bonds is 9. The van der Waals surface area contributed by atoms with E-state index < -0.39 is 0 Å². The third kappa shape index (κ3) is 6.78. The molecule has 0 amide bonds. The fourth-order valence-corrected chi connectivity index (χ4v) is 8.05. The number of fused-ring (bicyclic) bond motifs is 1. The molecule has 0 fully saturated rings. The van der Waals surface area contributed by atoms with E-state index in [1.54, 1.807) is 0 Å². The molecule has 2 heteroatoms. The summed E-state index contributed by atoms with van der Waals surface area (Å²) in [6.45, 7) is 0. The lowest BCUT2D eigenvalue weighted by Gasteiger charge is -2.28. The van der Waals surface area contributed by atoms with Crippen LogP contribution in [0.15, 0.2) is 241 Å². The third-order valence-corrected chi connectivity index (χ3v) is 10.9. The molecule has 0 N–H and O–H groups in total. The third-order valence-electron chi connectivity index (χ3n) is 10.9. The maximum Gasteiger partial charge on any atom is 0.143 e. The van der Waals surface area contributed by atoms with Gasteiger partial charge in [0.15, 0.2) is 0 Å². The van der Waals surface area contributed by atoms with Gasteiger partial charge in [0.05, 0.1) is 5.69 Å². The Labute approximate surface area is 339 Å². The molecule has 2 nitrogen and oxygen atoms in total. The monoisotopic (exact) mass is 741 g/mol. The van der Waals surface area contributed by atoms with Crippen LogP contribution in [-0.2, 0) is 0 Å². The molecular weight excluding hydrogens is 703 g/mol. The van der Waals surface area contributed by atoms with Crippen molar-refractivity contribution in [1.82, 2.24) is 0 Å². The first kappa shape index (κ1) is 34.8. The van der Waals surface area contributed by atoms with Crippen LogP contribution in [-0.4, -0.2) is 0 Å². The van der Waals surface area contributed by atoms with E-state index in [-0.39, 0.29) is 0 Å². The molecule has 0 bridgehead atoms.